The number of hydrogen-bond donors (Lipinski definition) is 1. The number of aromatic nitrogens is 1. The van der Waals surface area contributed by atoms with Crippen LogP contribution in [0.25, 0.3) is 10.8 Å². The van der Waals surface area contributed by atoms with Crippen LogP contribution in [0.15, 0.2) is 53.7 Å². The zero-order valence-corrected chi connectivity index (χ0v) is 16.5. The number of anilines is 1. The third-order valence-electron chi connectivity index (χ3n) is 4.75. The summed E-state index contributed by atoms with van der Waals surface area (Å²) in [5.74, 6) is 0.00730. The monoisotopic (exact) mass is 416 g/mol. The van der Waals surface area contributed by atoms with E-state index in [0.29, 0.717) is 34.9 Å². The van der Waals surface area contributed by atoms with Gasteiger partial charge >= 0.3 is 0 Å². The molecule has 4 rings (SSSR count). The summed E-state index contributed by atoms with van der Waals surface area (Å²) >= 11 is 6.09. The Labute approximate surface area is 167 Å². The van der Waals surface area contributed by atoms with Gasteiger partial charge in [-0.15, -0.1) is 0 Å². The number of halogens is 1. The van der Waals surface area contributed by atoms with Gasteiger partial charge in [0.15, 0.2) is 9.84 Å². The van der Waals surface area contributed by atoms with Gasteiger partial charge in [-0.05, 0) is 36.8 Å². The zero-order chi connectivity index (χ0) is 19.9. The van der Waals surface area contributed by atoms with E-state index >= 15 is 0 Å². The molecule has 0 radical (unpaired) electrons. The van der Waals surface area contributed by atoms with Gasteiger partial charge in [0.1, 0.15) is 5.75 Å². The van der Waals surface area contributed by atoms with E-state index in [2.05, 4.69) is 10.3 Å². The first-order chi connectivity index (χ1) is 13.3. The SMILES string of the molecule is CS(=O)(=O)c1ccc2cncc(NC(=O)C3CCOc4ccc(Cl)cc43)c2c1. The van der Waals surface area contributed by atoms with E-state index in [1.54, 1.807) is 36.5 Å². The Morgan fingerprint density at radius 1 is 1.21 bits per heavy atom. The van der Waals surface area contributed by atoms with Crippen LogP contribution in [-0.4, -0.2) is 32.2 Å². The van der Waals surface area contributed by atoms with Crippen LogP contribution in [-0.2, 0) is 14.6 Å². The van der Waals surface area contributed by atoms with Crippen molar-refractivity contribution in [2.45, 2.75) is 17.2 Å². The number of hydrogen-bond acceptors (Lipinski definition) is 5. The largest absolute Gasteiger partial charge is 0.493 e. The maximum Gasteiger partial charge on any atom is 0.232 e. The second-order valence-electron chi connectivity index (χ2n) is 6.70. The molecule has 1 N–H and O–H groups in total. The highest BCUT2D eigenvalue weighted by Crippen LogP contribution is 2.36. The first-order valence-corrected chi connectivity index (χ1v) is 10.9. The van der Waals surface area contributed by atoms with E-state index in [1.165, 1.54) is 12.3 Å². The number of rotatable bonds is 3. The highest BCUT2D eigenvalue weighted by Gasteiger charge is 2.28. The van der Waals surface area contributed by atoms with E-state index in [0.717, 1.165) is 17.2 Å². The van der Waals surface area contributed by atoms with Gasteiger partial charge in [0.2, 0.25) is 5.91 Å². The molecule has 0 fully saturated rings. The van der Waals surface area contributed by atoms with Crippen molar-refractivity contribution >= 4 is 43.8 Å². The molecule has 144 valence electrons. The molecule has 0 saturated carbocycles. The van der Waals surface area contributed by atoms with E-state index in [9.17, 15) is 13.2 Å². The molecule has 1 aliphatic rings. The molecule has 1 atom stereocenters. The number of carbonyl (C=O) groups excluding carboxylic acids is 1. The fourth-order valence-corrected chi connectivity index (χ4v) is 4.16. The van der Waals surface area contributed by atoms with Crippen LogP contribution in [0.1, 0.15) is 17.9 Å². The van der Waals surface area contributed by atoms with Crippen LogP contribution >= 0.6 is 11.6 Å². The summed E-state index contributed by atoms with van der Waals surface area (Å²) in [6, 6.07) is 9.98. The summed E-state index contributed by atoms with van der Waals surface area (Å²) in [7, 11) is -3.37. The number of carbonyl (C=O) groups is 1. The summed E-state index contributed by atoms with van der Waals surface area (Å²) in [6.45, 7) is 0.429. The molecule has 0 bridgehead atoms. The van der Waals surface area contributed by atoms with E-state index in [1.807, 2.05) is 0 Å². The van der Waals surface area contributed by atoms with Crippen molar-refractivity contribution in [1.82, 2.24) is 4.98 Å². The minimum Gasteiger partial charge on any atom is -0.493 e. The first kappa shape index (κ1) is 18.7. The van der Waals surface area contributed by atoms with E-state index < -0.39 is 15.8 Å². The molecule has 8 heteroatoms. The molecule has 1 aliphatic heterocycles. The van der Waals surface area contributed by atoms with Gasteiger partial charge in [0.25, 0.3) is 0 Å². The second kappa shape index (κ2) is 7.07. The molecule has 1 amide bonds. The van der Waals surface area contributed by atoms with Gasteiger partial charge < -0.3 is 10.1 Å². The Kier molecular flexibility index (Phi) is 4.72. The molecular formula is C20H17ClN2O4S. The molecule has 28 heavy (non-hydrogen) atoms. The van der Waals surface area contributed by atoms with Crippen molar-refractivity contribution < 1.29 is 17.9 Å². The lowest BCUT2D eigenvalue weighted by Gasteiger charge is -2.25. The van der Waals surface area contributed by atoms with Crippen LogP contribution in [0.2, 0.25) is 5.02 Å². The Bertz CT molecular complexity index is 1190. The smallest absolute Gasteiger partial charge is 0.232 e. The normalized spacial score (nSPS) is 16.3. The van der Waals surface area contributed by atoms with Crippen molar-refractivity contribution in [3.8, 4) is 5.75 Å². The quantitative estimate of drug-likeness (QED) is 0.701. The van der Waals surface area contributed by atoms with E-state index in [4.69, 9.17) is 16.3 Å². The number of sulfone groups is 1. The maximum atomic E-state index is 13.0. The lowest BCUT2D eigenvalue weighted by molar-refractivity contribution is -0.118. The summed E-state index contributed by atoms with van der Waals surface area (Å²) in [4.78, 5) is 17.3. The second-order valence-corrected chi connectivity index (χ2v) is 9.16. The minimum absolute atomic E-state index is 0.185. The summed E-state index contributed by atoms with van der Waals surface area (Å²) in [5.41, 5.74) is 1.20. The van der Waals surface area contributed by atoms with Crippen LogP contribution in [0.4, 0.5) is 5.69 Å². The number of benzene rings is 2. The van der Waals surface area contributed by atoms with Crippen LogP contribution in [0.3, 0.4) is 0 Å². The van der Waals surface area contributed by atoms with Crippen molar-refractivity contribution in [3.05, 3.63) is 59.4 Å². The van der Waals surface area contributed by atoms with Gasteiger partial charge in [-0.25, -0.2) is 8.42 Å². The number of amides is 1. The fourth-order valence-electron chi connectivity index (χ4n) is 3.33. The van der Waals surface area contributed by atoms with Crippen LogP contribution in [0.5, 0.6) is 5.75 Å². The average Bonchev–Trinajstić information content (AvgIpc) is 2.66. The van der Waals surface area contributed by atoms with Gasteiger partial charge in [-0.2, -0.15) is 0 Å². The fraction of sp³-hybridized carbons (Fsp3) is 0.200. The summed E-state index contributed by atoms with van der Waals surface area (Å²) in [6.07, 6.45) is 4.81. The lowest BCUT2D eigenvalue weighted by Crippen LogP contribution is -2.26. The average molecular weight is 417 g/mol. The zero-order valence-electron chi connectivity index (χ0n) is 15.0. The van der Waals surface area contributed by atoms with Gasteiger partial charge in [0.05, 0.1) is 29.3 Å². The van der Waals surface area contributed by atoms with Crippen molar-refractivity contribution in [1.29, 1.82) is 0 Å². The third-order valence-corrected chi connectivity index (χ3v) is 6.09. The number of nitrogens with one attached hydrogen (secondary N) is 1. The number of ether oxygens (including phenoxy) is 1. The molecule has 0 aliphatic carbocycles. The minimum atomic E-state index is -3.37. The Morgan fingerprint density at radius 3 is 2.82 bits per heavy atom. The number of fused-ring (bicyclic) bond motifs is 2. The molecule has 1 unspecified atom stereocenters. The molecule has 2 heterocycles. The molecular weight excluding hydrogens is 400 g/mol. The Hall–Kier alpha value is -2.64. The Morgan fingerprint density at radius 2 is 2.04 bits per heavy atom. The van der Waals surface area contributed by atoms with Gasteiger partial charge in [-0.3, -0.25) is 9.78 Å². The Balaban J connectivity index is 1.71. The van der Waals surface area contributed by atoms with E-state index in [-0.39, 0.29) is 10.8 Å². The molecule has 0 saturated heterocycles. The standard InChI is InChI=1S/C20H17ClN2O4S/c1-28(25,26)14-4-2-12-10-22-11-18(16(12)9-14)23-20(24)15-6-7-27-19-5-3-13(21)8-17(15)19/h2-5,8-11,15H,6-7H2,1H3,(H,23,24). The molecule has 1 aromatic heterocycles. The topological polar surface area (TPSA) is 85.4 Å². The maximum absolute atomic E-state index is 13.0. The predicted octanol–water partition coefficient (Wildman–Crippen LogP) is 3.80. The highest BCUT2D eigenvalue weighted by molar-refractivity contribution is 7.90. The van der Waals surface area contributed by atoms with Crippen molar-refractivity contribution in [2.75, 3.05) is 18.2 Å². The van der Waals surface area contributed by atoms with Gasteiger partial charge in [0, 0.05) is 33.8 Å². The summed E-state index contributed by atoms with van der Waals surface area (Å²) < 4.78 is 29.4. The predicted molar refractivity (Wildman–Crippen MR) is 108 cm³/mol. The van der Waals surface area contributed by atoms with Crippen LogP contribution in [0, 0.1) is 0 Å². The molecule has 6 nitrogen and oxygen atoms in total. The number of pyridine rings is 1. The molecule has 2 aromatic carbocycles. The number of nitrogens with zero attached hydrogens (tertiary/aromatic N) is 1. The highest BCUT2D eigenvalue weighted by atomic mass is 35.5. The van der Waals surface area contributed by atoms with Crippen molar-refractivity contribution in [3.63, 3.8) is 0 Å². The lowest BCUT2D eigenvalue weighted by atomic mass is 9.92. The van der Waals surface area contributed by atoms with Gasteiger partial charge in [-0.1, -0.05) is 17.7 Å². The van der Waals surface area contributed by atoms with Crippen molar-refractivity contribution in [2.24, 2.45) is 0 Å². The first-order valence-electron chi connectivity index (χ1n) is 8.64. The molecule has 0 spiro atoms. The summed E-state index contributed by atoms with van der Waals surface area (Å²) in [5, 5.41) is 4.78. The third kappa shape index (κ3) is 3.55. The molecule has 3 aromatic rings. The van der Waals surface area contributed by atoms with Crippen LogP contribution < -0.4 is 10.1 Å².